The van der Waals surface area contributed by atoms with Crippen molar-refractivity contribution in [2.45, 2.75) is 38.9 Å². The number of nitrogens with two attached hydrogens (primary N) is 1. The number of alkyl halides is 3. The fourth-order valence-corrected chi connectivity index (χ4v) is 1.62. The minimum absolute atomic E-state index is 0. The van der Waals surface area contributed by atoms with Gasteiger partial charge in [0.15, 0.2) is 0 Å². The smallest absolute Gasteiger partial charge is 0.383 e. The molecule has 8 heteroatoms. The van der Waals surface area contributed by atoms with Gasteiger partial charge in [0.05, 0.1) is 23.0 Å². The molecule has 1 aromatic rings. The molecule has 0 radical (unpaired) electrons. The maximum absolute atomic E-state index is 12.7. The summed E-state index contributed by atoms with van der Waals surface area (Å²) in [5.74, 6) is -0.534. The highest BCUT2D eigenvalue weighted by atomic mass is 35.5. The Balaban J connectivity index is 0.00000441. The number of unbranched alkanes of at least 4 members (excludes halogenated alkanes) is 1. The summed E-state index contributed by atoms with van der Waals surface area (Å²) in [7, 11) is 0. The number of rotatable bonds is 6. The molecule has 1 aromatic carbocycles. The lowest BCUT2D eigenvalue weighted by Gasteiger charge is -2.16. The Morgan fingerprint density at radius 3 is 2.45 bits per heavy atom. The van der Waals surface area contributed by atoms with Gasteiger partial charge in [-0.25, -0.2) is 0 Å². The average molecular weight is 340 g/mol. The number of hydrogen-bond donors (Lipinski definition) is 3. The van der Waals surface area contributed by atoms with Gasteiger partial charge in [0.1, 0.15) is 0 Å². The van der Waals surface area contributed by atoms with E-state index < -0.39 is 23.7 Å². The van der Waals surface area contributed by atoms with E-state index in [1.54, 1.807) is 0 Å². The standard InChI is InChI=1S/C14H20F3N3O.ClH/c1-3-4-7-19-11-6-5-10(14(15,16)17)8-12(11)20-13(21)9(2)18;/h5-6,8-9,19H,3-4,7,18H2,1-2H3,(H,20,21);1H/t9-;/m0./s1. The lowest BCUT2D eigenvalue weighted by Crippen LogP contribution is -2.32. The van der Waals surface area contributed by atoms with Crippen molar-refractivity contribution in [3.8, 4) is 0 Å². The molecule has 0 aliphatic carbocycles. The number of carbonyl (C=O) groups is 1. The van der Waals surface area contributed by atoms with Gasteiger partial charge < -0.3 is 16.4 Å². The molecular formula is C14H21ClF3N3O. The van der Waals surface area contributed by atoms with Gasteiger partial charge in [0, 0.05) is 6.54 Å². The maximum Gasteiger partial charge on any atom is 0.416 e. The average Bonchev–Trinajstić information content (AvgIpc) is 2.39. The van der Waals surface area contributed by atoms with Gasteiger partial charge >= 0.3 is 6.18 Å². The Kier molecular flexibility index (Phi) is 8.26. The minimum atomic E-state index is -4.46. The van der Waals surface area contributed by atoms with E-state index in [4.69, 9.17) is 5.73 Å². The summed E-state index contributed by atoms with van der Waals surface area (Å²) in [4.78, 5) is 11.6. The van der Waals surface area contributed by atoms with E-state index in [9.17, 15) is 18.0 Å². The highest BCUT2D eigenvalue weighted by Crippen LogP contribution is 2.34. The molecular weight excluding hydrogens is 319 g/mol. The van der Waals surface area contributed by atoms with Crippen molar-refractivity contribution in [1.29, 1.82) is 0 Å². The van der Waals surface area contributed by atoms with E-state index in [1.807, 2.05) is 6.92 Å². The molecule has 0 aliphatic heterocycles. The first kappa shape index (κ1) is 20.5. The number of carbonyl (C=O) groups excluding carboxylic acids is 1. The Morgan fingerprint density at radius 1 is 1.32 bits per heavy atom. The molecule has 0 spiro atoms. The van der Waals surface area contributed by atoms with Crippen LogP contribution in [0.3, 0.4) is 0 Å². The lowest BCUT2D eigenvalue weighted by molar-refractivity contribution is -0.137. The number of amides is 1. The van der Waals surface area contributed by atoms with Crippen molar-refractivity contribution in [2.75, 3.05) is 17.2 Å². The predicted molar refractivity (Wildman–Crippen MR) is 84.4 cm³/mol. The molecule has 0 unspecified atom stereocenters. The first-order valence-electron chi connectivity index (χ1n) is 6.77. The Bertz CT molecular complexity index is 493. The van der Waals surface area contributed by atoms with Crippen LogP contribution in [0.25, 0.3) is 0 Å². The molecule has 0 fully saturated rings. The van der Waals surface area contributed by atoms with E-state index in [0.717, 1.165) is 25.0 Å². The third kappa shape index (κ3) is 6.11. The second-order valence-electron chi connectivity index (χ2n) is 4.82. The molecule has 0 saturated heterocycles. The quantitative estimate of drug-likeness (QED) is 0.693. The molecule has 22 heavy (non-hydrogen) atoms. The molecule has 4 N–H and O–H groups in total. The highest BCUT2D eigenvalue weighted by molar-refractivity contribution is 5.97. The van der Waals surface area contributed by atoms with Gasteiger partial charge in [-0.05, 0) is 31.5 Å². The Morgan fingerprint density at radius 2 is 1.95 bits per heavy atom. The van der Waals surface area contributed by atoms with Crippen molar-refractivity contribution in [3.05, 3.63) is 23.8 Å². The fraction of sp³-hybridized carbons (Fsp3) is 0.500. The molecule has 0 aromatic heterocycles. The zero-order chi connectivity index (χ0) is 16.0. The molecule has 1 rings (SSSR count). The van der Waals surface area contributed by atoms with Gasteiger partial charge in [0.2, 0.25) is 5.91 Å². The van der Waals surface area contributed by atoms with Gasteiger partial charge in [0.25, 0.3) is 0 Å². The molecule has 4 nitrogen and oxygen atoms in total. The van der Waals surface area contributed by atoms with E-state index in [1.165, 1.54) is 13.0 Å². The molecule has 126 valence electrons. The van der Waals surface area contributed by atoms with Gasteiger partial charge in [-0.1, -0.05) is 13.3 Å². The zero-order valence-electron chi connectivity index (χ0n) is 12.5. The van der Waals surface area contributed by atoms with Gasteiger partial charge in [-0.2, -0.15) is 13.2 Å². The van der Waals surface area contributed by atoms with E-state index in [2.05, 4.69) is 10.6 Å². The monoisotopic (exact) mass is 339 g/mol. The SMILES string of the molecule is CCCCNc1ccc(C(F)(F)F)cc1NC(=O)[C@H](C)N.Cl. The first-order chi connectivity index (χ1) is 9.75. The third-order valence-electron chi connectivity index (χ3n) is 2.86. The Labute approximate surface area is 134 Å². The van der Waals surface area contributed by atoms with Crippen LogP contribution in [0.1, 0.15) is 32.3 Å². The normalized spacial score (nSPS) is 12.3. The van der Waals surface area contributed by atoms with Crippen molar-refractivity contribution in [3.63, 3.8) is 0 Å². The Hall–Kier alpha value is -1.47. The van der Waals surface area contributed by atoms with E-state index >= 15 is 0 Å². The van der Waals surface area contributed by atoms with Crippen LogP contribution in [-0.4, -0.2) is 18.5 Å². The molecule has 0 aliphatic rings. The summed E-state index contributed by atoms with van der Waals surface area (Å²) in [6, 6.07) is 2.41. The summed E-state index contributed by atoms with van der Waals surface area (Å²) < 4.78 is 38.2. The summed E-state index contributed by atoms with van der Waals surface area (Å²) in [5.41, 5.74) is 5.14. The highest BCUT2D eigenvalue weighted by Gasteiger charge is 2.31. The number of hydrogen-bond acceptors (Lipinski definition) is 3. The van der Waals surface area contributed by atoms with E-state index in [0.29, 0.717) is 12.2 Å². The zero-order valence-corrected chi connectivity index (χ0v) is 13.3. The van der Waals surface area contributed by atoms with Crippen molar-refractivity contribution < 1.29 is 18.0 Å². The van der Waals surface area contributed by atoms with Crippen molar-refractivity contribution in [2.24, 2.45) is 5.73 Å². The van der Waals surface area contributed by atoms with Crippen LogP contribution in [0, 0.1) is 0 Å². The van der Waals surface area contributed by atoms with Crippen LogP contribution in [0.5, 0.6) is 0 Å². The maximum atomic E-state index is 12.7. The minimum Gasteiger partial charge on any atom is -0.383 e. The van der Waals surface area contributed by atoms with Crippen LogP contribution < -0.4 is 16.4 Å². The van der Waals surface area contributed by atoms with Gasteiger partial charge in [-0.3, -0.25) is 4.79 Å². The van der Waals surface area contributed by atoms with Crippen molar-refractivity contribution in [1.82, 2.24) is 0 Å². The first-order valence-corrected chi connectivity index (χ1v) is 6.77. The van der Waals surface area contributed by atoms with E-state index in [-0.39, 0.29) is 18.1 Å². The fourth-order valence-electron chi connectivity index (χ4n) is 1.62. The number of anilines is 2. The number of nitrogens with one attached hydrogen (secondary N) is 2. The number of halogens is 4. The van der Waals surface area contributed by atoms with Crippen molar-refractivity contribution >= 4 is 29.7 Å². The lowest BCUT2D eigenvalue weighted by atomic mass is 10.1. The van der Waals surface area contributed by atoms with Crippen LogP contribution >= 0.6 is 12.4 Å². The molecule has 0 bridgehead atoms. The largest absolute Gasteiger partial charge is 0.416 e. The molecule has 0 heterocycles. The summed E-state index contributed by atoms with van der Waals surface area (Å²) in [6.45, 7) is 4.09. The second-order valence-corrected chi connectivity index (χ2v) is 4.82. The topological polar surface area (TPSA) is 67.1 Å². The number of benzene rings is 1. The third-order valence-corrected chi connectivity index (χ3v) is 2.86. The molecule has 1 amide bonds. The predicted octanol–water partition coefficient (Wildman–Crippen LogP) is 3.62. The summed E-state index contributed by atoms with van der Waals surface area (Å²) >= 11 is 0. The van der Waals surface area contributed by atoms with Crippen LogP contribution in [0.15, 0.2) is 18.2 Å². The van der Waals surface area contributed by atoms with Crippen LogP contribution in [-0.2, 0) is 11.0 Å². The van der Waals surface area contributed by atoms with Crippen LogP contribution in [0.4, 0.5) is 24.5 Å². The summed E-state index contributed by atoms with van der Waals surface area (Å²) in [5, 5.41) is 5.44. The van der Waals surface area contributed by atoms with Gasteiger partial charge in [-0.15, -0.1) is 12.4 Å². The molecule has 1 atom stereocenters. The second kappa shape index (κ2) is 8.85. The summed E-state index contributed by atoms with van der Waals surface area (Å²) in [6.07, 6.45) is -2.63. The molecule has 0 saturated carbocycles. The van der Waals surface area contributed by atoms with Crippen LogP contribution in [0.2, 0.25) is 0 Å².